The fraction of sp³-hybridized carbons (Fsp3) is 0.368. The molecule has 1 aliphatic carbocycles. The first-order valence-electron chi connectivity index (χ1n) is 8.86. The minimum absolute atomic E-state index is 0.208. The highest BCUT2D eigenvalue weighted by Gasteiger charge is 2.31. The van der Waals surface area contributed by atoms with Crippen molar-refractivity contribution in [1.29, 1.82) is 0 Å². The van der Waals surface area contributed by atoms with Crippen molar-refractivity contribution in [3.8, 4) is 0 Å². The summed E-state index contributed by atoms with van der Waals surface area (Å²) in [7, 11) is 0. The van der Waals surface area contributed by atoms with Crippen molar-refractivity contribution < 1.29 is 9.18 Å². The molecule has 0 spiro atoms. The molecule has 8 heteroatoms. The standard InChI is InChI=1S/C19H20FN5OS/c1-19(5-7-27-18(21)25-19)15-9-13(4-6-22-15)24-17(26)16-14(20)8-12(10-23-16)11-2-3-11/h4,6,8-11H,2-3,5,7H2,1H3,(H2,21,25)(H,22,24,26)/t19-/m0/s1. The van der Waals surface area contributed by atoms with Gasteiger partial charge in [-0.25, -0.2) is 14.4 Å². The number of nitrogens with one attached hydrogen (secondary N) is 1. The molecule has 1 saturated carbocycles. The maximum absolute atomic E-state index is 14.3. The highest BCUT2D eigenvalue weighted by molar-refractivity contribution is 8.13. The number of nitrogens with two attached hydrogens (primary N) is 1. The number of amidine groups is 1. The van der Waals surface area contributed by atoms with E-state index in [9.17, 15) is 9.18 Å². The van der Waals surface area contributed by atoms with E-state index in [4.69, 9.17) is 5.73 Å². The number of anilines is 1. The second kappa shape index (κ2) is 6.92. The van der Waals surface area contributed by atoms with Crippen LogP contribution in [0.2, 0.25) is 0 Å². The lowest BCUT2D eigenvalue weighted by Crippen LogP contribution is -2.29. The Labute approximate surface area is 160 Å². The van der Waals surface area contributed by atoms with Gasteiger partial charge in [0.25, 0.3) is 5.91 Å². The van der Waals surface area contributed by atoms with Gasteiger partial charge in [-0.1, -0.05) is 11.8 Å². The normalized spacial score (nSPS) is 22.2. The van der Waals surface area contributed by atoms with E-state index in [0.717, 1.165) is 30.6 Å². The molecule has 3 heterocycles. The Hall–Kier alpha value is -2.48. The van der Waals surface area contributed by atoms with Gasteiger partial charge in [0.1, 0.15) is 5.54 Å². The minimum atomic E-state index is -0.597. The van der Waals surface area contributed by atoms with Crippen LogP contribution in [-0.4, -0.2) is 26.8 Å². The third kappa shape index (κ3) is 3.80. The molecule has 140 valence electrons. The van der Waals surface area contributed by atoms with E-state index < -0.39 is 17.3 Å². The Balaban J connectivity index is 1.54. The number of amides is 1. The summed E-state index contributed by atoms with van der Waals surface area (Å²) in [6.45, 7) is 1.96. The van der Waals surface area contributed by atoms with E-state index >= 15 is 0 Å². The summed E-state index contributed by atoms with van der Waals surface area (Å²) in [5.74, 6) is 0.0560. The molecule has 4 rings (SSSR count). The summed E-state index contributed by atoms with van der Waals surface area (Å²) < 4.78 is 14.3. The first kappa shape index (κ1) is 17.9. The summed E-state index contributed by atoms with van der Waals surface area (Å²) in [6.07, 6.45) is 6.09. The van der Waals surface area contributed by atoms with Crippen molar-refractivity contribution >= 4 is 28.5 Å². The van der Waals surface area contributed by atoms with Crippen molar-refractivity contribution in [2.24, 2.45) is 10.7 Å². The Morgan fingerprint density at radius 3 is 2.89 bits per heavy atom. The molecule has 1 fully saturated rings. The molecule has 2 aliphatic rings. The zero-order chi connectivity index (χ0) is 19.0. The van der Waals surface area contributed by atoms with E-state index in [1.165, 1.54) is 17.8 Å². The SMILES string of the molecule is C[C@@]1(c2cc(NC(=O)c3ncc(C4CC4)cc3F)ccn2)CCSC(N)=N1. The fourth-order valence-electron chi connectivity index (χ4n) is 3.12. The number of hydrogen-bond donors (Lipinski definition) is 2. The lowest BCUT2D eigenvalue weighted by Gasteiger charge is -2.28. The van der Waals surface area contributed by atoms with Crippen LogP contribution in [-0.2, 0) is 5.54 Å². The molecule has 0 unspecified atom stereocenters. The first-order chi connectivity index (χ1) is 12.9. The zero-order valence-electron chi connectivity index (χ0n) is 14.9. The average molecular weight is 385 g/mol. The summed E-state index contributed by atoms with van der Waals surface area (Å²) in [6, 6.07) is 4.82. The molecule has 0 aromatic carbocycles. The van der Waals surface area contributed by atoms with Crippen LogP contribution in [0.15, 0.2) is 35.6 Å². The second-order valence-electron chi connectivity index (χ2n) is 7.08. The number of aromatic nitrogens is 2. The summed E-state index contributed by atoms with van der Waals surface area (Å²) >= 11 is 1.52. The maximum atomic E-state index is 14.3. The molecule has 2 aromatic rings. The quantitative estimate of drug-likeness (QED) is 0.841. The third-order valence-corrected chi connectivity index (χ3v) is 5.69. The van der Waals surface area contributed by atoms with Crippen LogP contribution in [0.3, 0.4) is 0 Å². The predicted octanol–water partition coefficient (Wildman–Crippen LogP) is 3.41. The van der Waals surface area contributed by atoms with Crippen molar-refractivity contribution in [3.05, 3.63) is 53.4 Å². The summed E-state index contributed by atoms with van der Waals surface area (Å²) in [5, 5.41) is 3.23. The van der Waals surface area contributed by atoms with Crippen molar-refractivity contribution in [3.63, 3.8) is 0 Å². The maximum Gasteiger partial charge on any atom is 0.277 e. The Kier molecular flexibility index (Phi) is 4.59. The summed E-state index contributed by atoms with van der Waals surface area (Å²) in [5.41, 5.74) is 7.20. The highest BCUT2D eigenvalue weighted by atomic mass is 32.2. The molecule has 27 heavy (non-hydrogen) atoms. The van der Waals surface area contributed by atoms with Gasteiger partial charge >= 0.3 is 0 Å². The zero-order valence-corrected chi connectivity index (χ0v) is 15.7. The smallest absolute Gasteiger partial charge is 0.277 e. The number of halogens is 1. The van der Waals surface area contributed by atoms with Gasteiger partial charge in [0.05, 0.1) is 5.69 Å². The van der Waals surface area contributed by atoms with Crippen molar-refractivity contribution in [1.82, 2.24) is 9.97 Å². The van der Waals surface area contributed by atoms with Crippen LogP contribution in [0.5, 0.6) is 0 Å². The Bertz CT molecular complexity index is 930. The predicted molar refractivity (Wildman–Crippen MR) is 104 cm³/mol. The Morgan fingerprint density at radius 2 is 2.19 bits per heavy atom. The molecule has 0 bridgehead atoms. The molecule has 1 aliphatic heterocycles. The highest BCUT2D eigenvalue weighted by Crippen LogP contribution is 2.40. The van der Waals surface area contributed by atoms with Gasteiger partial charge in [-0.2, -0.15) is 0 Å². The monoisotopic (exact) mass is 385 g/mol. The minimum Gasteiger partial charge on any atom is -0.379 e. The van der Waals surface area contributed by atoms with Gasteiger partial charge in [0.2, 0.25) is 0 Å². The fourth-order valence-corrected chi connectivity index (χ4v) is 4.10. The van der Waals surface area contributed by atoms with E-state index in [-0.39, 0.29) is 5.69 Å². The van der Waals surface area contributed by atoms with E-state index in [1.807, 2.05) is 6.92 Å². The van der Waals surface area contributed by atoms with Gasteiger partial charge in [-0.3, -0.25) is 9.78 Å². The lowest BCUT2D eigenvalue weighted by atomic mass is 9.94. The largest absolute Gasteiger partial charge is 0.379 e. The molecule has 0 radical (unpaired) electrons. The van der Waals surface area contributed by atoms with Crippen molar-refractivity contribution in [2.75, 3.05) is 11.1 Å². The molecule has 3 N–H and O–H groups in total. The van der Waals surface area contributed by atoms with Gasteiger partial charge in [0, 0.05) is 23.8 Å². The van der Waals surface area contributed by atoms with Gasteiger partial charge in [-0.05, 0) is 55.9 Å². The van der Waals surface area contributed by atoms with E-state index in [0.29, 0.717) is 22.5 Å². The molecule has 1 amide bonds. The van der Waals surface area contributed by atoms with Crippen molar-refractivity contribution in [2.45, 2.75) is 37.6 Å². The number of rotatable bonds is 4. The lowest BCUT2D eigenvalue weighted by molar-refractivity contribution is 0.101. The number of pyridine rings is 2. The van der Waals surface area contributed by atoms with E-state index in [2.05, 4.69) is 20.3 Å². The molecular weight excluding hydrogens is 365 g/mol. The number of carbonyl (C=O) groups excluding carboxylic acids is 1. The van der Waals surface area contributed by atoms with Crippen LogP contribution in [0.1, 0.15) is 53.8 Å². The molecule has 6 nitrogen and oxygen atoms in total. The molecule has 0 saturated heterocycles. The van der Waals surface area contributed by atoms with Gasteiger partial charge < -0.3 is 11.1 Å². The summed E-state index contributed by atoms with van der Waals surface area (Å²) in [4.78, 5) is 25.4. The number of aliphatic imine (C=N–C) groups is 1. The molecule has 2 aromatic heterocycles. The average Bonchev–Trinajstić information content (AvgIpc) is 3.47. The topological polar surface area (TPSA) is 93.3 Å². The molecule has 1 atom stereocenters. The Morgan fingerprint density at radius 1 is 1.37 bits per heavy atom. The van der Waals surface area contributed by atoms with Crippen LogP contribution in [0.4, 0.5) is 10.1 Å². The van der Waals surface area contributed by atoms with Gasteiger partial charge in [0.15, 0.2) is 16.7 Å². The van der Waals surface area contributed by atoms with Crippen LogP contribution in [0.25, 0.3) is 0 Å². The first-order valence-corrected chi connectivity index (χ1v) is 9.85. The number of hydrogen-bond acceptors (Lipinski definition) is 6. The van der Waals surface area contributed by atoms with Crippen LogP contribution >= 0.6 is 11.8 Å². The number of carbonyl (C=O) groups is 1. The third-order valence-electron chi connectivity index (χ3n) is 4.89. The number of nitrogens with zero attached hydrogens (tertiary/aromatic N) is 3. The van der Waals surface area contributed by atoms with Crippen LogP contribution in [0, 0.1) is 5.82 Å². The van der Waals surface area contributed by atoms with E-state index in [1.54, 1.807) is 24.5 Å². The van der Waals surface area contributed by atoms with Gasteiger partial charge in [-0.15, -0.1) is 0 Å². The second-order valence-corrected chi connectivity index (χ2v) is 8.19. The van der Waals surface area contributed by atoms with Crippen LogP contribution < -0.4 is 11.1 Å². The number of thioether (sulfide) groups is 1. The molecular formula is C19H20FN5OS.